The number of ether oxygens (including phenoxy) is 2. The molecule has 0 fully saturated rings. The van der Waals surface area contributed by atoms with Gasteiger partial charge in [0, 0.05) is 22.8 Å². The topological polar surface area (TPSA) is 84.9 Å². The van der Waals surface area contributed by atoms with Gasteiger partial charge in [0.05, 0.1) is 31.2 Å². The molecule has 0 unspecified atom stereocenters. The van der Waals surface area contributed by atoms with Crippen molar-refractivity contribution < 1.29 is 22.7 Å². The third kappa shape index (κ3) is 5.21. The van der Waals surface area contributed by atoms with E-state index in [0.717, 1.165) is 16.1 Å². The Hall–Kier alpha value is -2.16. The molecule has 2 aromatic carbocycles. The third-order valence-corrected chi connectivity index (χ3v) is 5.53. The molecule has 1 N–H and O–H groups in total. The average Bonchev–Trinajstić information content (AvgIpc) is 2.61. The fraction of sp³-hybridized carbons (Fsp3) is 0.278. The van der Waals surface area contributed by atoms with Gasteiger partial charge in [-0.15, -0.1) is 0 Å². The number of halogens is 2. The Morgan fingerprint density at radius 1 is 1.11 bits per heavy atom. The fourth-order valence-corrected chi connectivity index (χ4v) is 3.82. The molecular weight excluding hydrogens is 427 g/mol. The zero-order valence-corrected chi connectivity index (χ0v) is 18.1. The van der Waals surface area contributed by atoms with Crippen LogP contribution in [0, 0.1) is 6.92 Å². The highest BCUT2D eigenvalue weighted by molar-refractivity contribution is 7.92. The van der Waals surface area contributed by atoms with Crippen LogP contribution in [0.15, 0.2) is 30.3 Å². The Morgan fingerprint density at radius 2 is 1.75 bits per heavy atom. The Balaban J connectivity index is 2.39. The minimum Gasteiger partial charge on any atom is -0.495 e. The van der Waals surface area contributed by atoms with Crippen LogP contribution in [-0.4, -0.2) is 41.3 Å². The second kappa shape index (κ2) is 8.89. The lowest BCUT2D eigenvalue weighted by Crippen LogP contribution is -2.37. The number of carbonyl (C=O) groups excluding carboxylic acids is 1. The minimum atomic E-state index is -3.82. The van der Waals surface area contributed by atoms with Crippen molar-refractivity contribution in [1.29, 1.82) is 0 Å². The van der Waals surface area contributed by atoms with E-state index in [1.807, 2.05) is 0 Å². The van der Waals surface area contributed by atoms with Crippen LogP contribution in [0.2, 0.25) is 10.0 Å². The number of sulfonamides is 1. The molecule has 2 rings (SSSR count). The molecule has 7 nitrogen and oxygen atoms in total. The number of rotatable bonds is 7. The molecular formula is C18H20Cl2N2O5S. The van der Waals surface area contributed by atoms with Gasteiger partial charge in [-0.05, 0) is 30.7 Å². The summed E-state index contributed by atoms with van der Waals surface area (Å²) in [6, 6.07) is 7.80. The Labute approximate surface area is 174 Å². The van der Waals surface area contributed by atoms with Crippen LogP contribution >= 0.6 is 23.2 Å². The SMILES string of the molecule is COc1cc(N(CC(=O)Nc2ccc(Cl)cc2C)S(C)(=O)=O)c(OC)cc1Cl. The molecule has 0 aliphatic rings. The van der Waals surface area contributed by atoms with E-state index in [1.165, 1.54) is 26.4 Å². The maximum atomic E-state index is 12.6. The molecule has 10 heteroatoms. The Bertz CT molecular complexity index is 996. The standard InChI is InChI=1S/C18H20Cl2N2O5S/c1-11-7-12(19)5-6-14(11)21-18(23)10-22(28(4,24)25)15-9-16(26-2)13(20)8-17(15)27-3/h5-9H,10H2,1-4H3,(H,21,23). The zero-order chi connectivity index (χ0) is 21.1. The van der Waals surface area contributed by atoms with Crippen molar-refractivity contribution in [2.24, 2.45) is 0 Å². The lowest BCUT2D eigenvalue weighted by Gasteiger charge is -2.24. The van der Waals surface area contributed by atoms with Crippen molar-refractivity contribution >= 4 is 50.5 Å². The molecule has 0 spiro atoms. The predicted octanol–water partition coefficient (Wildman–Crippen LogP) is 3.72. The lowest BCUT2D eigenvalue weighted by atomic mass is 10.2. The monoisotopic (exact) mass is 446 g/mol. The van der Waals surface area contributed by atoms with Crippen molar-refractivity contribution in [3.63, 3.8) is 0 Å². The summed E-state index contributed by atoms with van der Waals surface area (Å²) in [5.74, 6) is -0.0985. The van der Waals surface area contributed by atoms with Crippen molar-refractivity contribution in [2.45, 2.75) is 6.92 Å². The summed E-state index contributed by atoms with van der Waals surface area (Å²) in [5.41, 5.74) is 1.41. The maximum absolute atomic E-state index is 12.6. The van der Waals surface area contributed by atoms with Gasteiger partial charge < -0.3 is 14.8 Å². The number of benzene rings is 2. The molecule has 152 valence electrons. The van der Waals surface area contributed by atoms with Crippen LogP contribution in [0.25, 0.3) is 0 Å². The second-order valence-corrected chi connectivity index (χ2v) is 8.69. The predicted molar refractivity (Wildman–Crippen MR) is 112 cm³/mol. The van der Waals surface area contributed by atoms with Crippen molar-refractivity contribution in [1.82, 2.24) is 0 Å². The molecule has 28 heavy (non-hydrogen) atoms. The van der Waals surface area contributed by atoms with Gasteiger partial charge in [0.25, 0.3) is 0 Å². The van der Waals surface area contributed by atoms with Crippen molar-refractivity contribution in [3.8, 4) is 11.5 Å². The van der Waals surface area contributed by atoms with Crippen LogP contribution in [0.5, 0.6) is 11.5 Å². The first-order valence-corrected chi connectivity index (χ1v) is 10.6. The highest BCUT2D eigenvalue weighted by atomic mass is 35.5. The number of aryl methyl sites for hydroxylation is 1. The first-order chi connectivity index (χ1) is 13.1. The molecule has 0 atom stereocenters. The van der Waals surface area contributed by atoms with Gasteiger partial charge in [0.15, 0.2) is 0 Å². The van der Waals surface area contributed by atoms with E-state index >= 15 is 0 Å². The van der Waals surface area contributed by atoms with Crippen LogP contribution in [-0.2, 0) is 14.8 Å². The van der Waals surface area contributed by atoms with Crippen LogP contribution < -0.4 is 19.1 Å². The molecule has 0 heterocycles. The summed E-state index contributed by atoms with van der Waals surface area (Å²) in [6.07, 6.45) is 0.994. The van der Waals surface area contributed by atoms with E-state index in [1.54, 1.807) is 25.1 Å². The summed E-state index contributed by atoms with van der Waals surface area (Å²) < 4.78 is 36.1. The van der Waals surface area contributed by atoms with Gasteiger partial charge in [0.2, 0.25) is 15.9 Å². The lowest BCUT2D eigenvalue weighted by molar-refractivity contribution is -0.114. The largest absolute Gasteiger partial charge is 0.495 e. The van der Waals surface area contributed by atoms with E-state index in [0.29, 0.717) is 10.7 Å². The van der Waals surface area contributed by atoms with Gasteiger partial charge in [-0.25, -0.2) is 8.42 Å². The molecule has 0 radical (unpaired) electrons. The fourth-order valence-electron chi connectivity index (χ4n) is 2.51. The zero-order valence-electron chi connectivity index (χ0n) is 15.7. The number of amides is 1. The number of anilines is 2. The molecule has 0 aliphatic heterocycles. The van der Waals surface area contributed by atoms with Gasteiger partial charge in [-0.3, -0.25) is 9.10 Å². The number of hydrogen-bond donors (Lipinski definition) is 1. The number of hydrogen-bond acceptors (Lipinski definition) is 5. The first kappa shape index (κ1) is 22.1. The van der Waals surface area contributed by atoms with Crippen LogP contribution in [0.4, 0.5) is 11.4 Å². The van der Waals surface area contributed by atoms with Gasteiger partial charge in [0.1, 0.15) is 18.0 Å². The first-order valence-electron chi connectivity index (χ1n) is 8.02. The number of nitrogens with one attached hydrogen (secondary N) is 1. The highest BCUT2D eigenvalue weighted by Crippen LogP contribution is 2.39. The summed E-state index contributed by atoms with van der Waals surface area (Å²) >= 11 is 12.0. The summed E-state index contributed by atoms with van der Waals surface area (Å²) in [7, 11) is -1.04. The highest BCUT2D eigenvalue weighted by Gasteiger charge is 2.26. The van der Waals surface area contributed by atoms with E-state index < -0.39 is 22.5 Å². The summed E-state index contributed by atoms with van der Waals surface area (Å²) in [5, 5.41) is 3.47. The van der Waals surface area contributed by atoms with Crippen molar-refractivity contribution in [3.05, 3.63) is 45.9 Å². The molecule has 0 aliphatic carbocycles. The van der Waals surface area contributed by atoms with E-state index in [-0.39, 0.29) is 22.2 Å². The third-order valence-electron chi connectivity index (χ3n) is 3.87. The van der Waals surface area contributed by atoms with E-state index in [9.17, 15) is 13.2 Å². The van der Waals surface area contributed by atoms with Crippen LogP contribution in [0.3, 0.4) is 0 Å². The quantitative estimate of drug-likeness (QED) is 0.700. The van der Waals surface area contributed by atoms with E-state index in [2.05, 4.69) is 5.32 Å². The number of methoxy groups -OCH3 is 2. The summed E-state index contributed by atoms with van der Waals surface area (Å²) in [4.78, 5) is 12.6. The second-order valence-electron chi connectivity index (χ2n) is 5.94. The molecule has 1 amide bonds. The molecule has 2 aromatic rings. The summed E-state index contributed by atoms with van der Waals surface area (Å²) in [6.45, 7) is 1.31. The normalized spacial score (nSPS) is 11.1. The van der Waals surface area contributed by atoms with Crippen LogP contribution in [0.1, 0.15) is 5.56 Å². The van der Waals surface area contributed by atoms with Crippen molar-refractivity contribution in [2.75, 3.05) is 36.6 Å². The smallest absolute Gasteiger partial charge is 0.245 e. The van der Waals surface area contributed by atoms with Gasteiger partial charge >= 0.3 is 0 Å². The molecule has 0 bridgehead atoms. The molecule has 0 saturated carbocycles. The number of carbonyl (C=O) groups is 1. The Morgan fingerprint density at radius 3 is 2.29 bits per heavy atom. The average molecular weight is 447 g/mol. The molecule has 0 saturated heterocycles. The molecule has 0 aromatic heterocycles. The van der Waals surface area contributed by atoms with E-state index in [4.69, 9.17) is 32.7 Å². The minimum absolute atomic E-state index is 0.134. The maximum Gasteiger partial charge on any atom is 0.245 e. The Kier molecular flexibility index (Phi) is 7.03. The van der Waals surface area contributed by atoms with Gasteiger partial charge in [-0.2, -0.15) is 0 Å². The number of nitrogens with zero attached hydrogens (tertiary/aromatic N) is 1. The van der Waals surface area contributed by atoms with Gasteiger partial charge in [-0.1, -0.05) is 23.2 Å².